The van der Waals surface area contributed by atoms with Crippen LogP contribution < -0.4 is 0 Å². The van der Waals surface area contributed by atoms with Crippen LogP contribution in [0.15, 0.2) is 64.0 Å². The number of hydrogen-bond donors (Lipinski definition) is 0. The van der Waals surface area contributed by atoms with E-state index in [-0.39, 0.29) is 11.5 Å². The maximum Gasteiger partial charge on any atom is 0.151 e. The summed E-state index contributed by atoms with van der Waals surface area (Å²) in [7, 11) is 0. The van der Waals surface area contributed by atoms with Gasteiger partial charge in [-0.3, -0.25) is 0 Å². The fourth-order valence-corrected chi connectivity index (χ4v) is 1.94. The quantitative estimate of drug-likeness (QED) is 0.617. The first-order valence-corrected chi connectivity index (χ1v) is 6.47. The molecule has 0 unspecified atom stereocenters. The van der Waals surface area contributed by atoms with Crippen molar-refractivity contribution >= 4 is 11.9 Å². The first-order chi connectivity index (χ1) is 10.6. The average Bonchev–Trinajstić information content (AvgIpc) is 2.95. The van der Waals surface area contributed by atoms with Gasteiger partial charge in [-0.2, -0.15) is 0 Å². The van der Waals surface area contributed by atoms with E-state index in [0.29, 0.717) is 17.1 Å². The number of rotatable bonds is 3. The van der Waals surface area contributed by atoms with Crippen LogP contribution in [0.2, 0.25) is 0 Å². The highest BCUT2D eigenvalue weighted by atomic mass is 19.1. The molecule has 0 aliphatic carbocycles. The second-order valence-electron chi connectivity index (χ2n) is 4.57. The Bertz CT molecular complexity index is 839. The van der Waals surface area contributed by atoms with Crippen LogP contribution in [0.5, 0.6) is 0 Å². The number of hydrogen-bond acceptors (Lipinski definition) is 2. The number of benzene rings is 2. The predicted molar refractivity (Wildman–Crippen MR) is 77.7 cm³/mol. The van der Waals surface area contributed by atoms with Crippen molar-refractivity contribution < 1.29 is 17.6 Å². The monoisotopic (exact) mass is 301 g/mol. The Morgan fingerprint density at radius 3 is 2.45 bits per heavy atom. The average molecular weight is 301 g/mol. The molecule has 0 amide bonds. The first kappa shape index (κ1) is 14.1. The summed E-state index contributed by atoms with van der Waals surface area (Å²) in [6.45, 7) is 0. The molecule has 3 aromatic rings. The van der Waals surface area contributed by atoms with Crippen LogP contribution in [0.1, 0.15) is 5.76 Å². The fraction of sp³-hybridized carbons (Fsp3) is 0. The predicted octanol–water partition coefficient (Wildman–Crippen LogP) is 5.11. The smallest absolute Gasteiger partial charge is 0.151 e. The number of halogens is 3. The lowest BCUT2D eigenvalue weighted by Crippen LogP contribution is -1.81. The van der Waals surface area contributed by atoms with Gasteiger partial charge >= 0.3 is 0 Å². The SMILES string of the molecule is Fc1cccc(-c2ccc(C=Nc3ccc(F)cc3F)o2)c1. The molecule has 0 atom stereocenters. The lowest BCUT2D eigenvalue weighted by atomic mass is 10.2. The Hall–Kier alpha value is -2.82. The molecule has 2 aromatic carbocycles. The van der Waals surface area contributed by atoms with Gasteiger partial charge in [0, 0.05) is 11.6 Å². The standard InChI is InChI=1S/C17H10F3NO/c18-12-3-1-2-11(8-12)17-7-5-14(22-17)10-21-16-6-4-13(19)9-15(16)20/h1-10H. The molecule has 2 nitrogen and oxygen atoms in total. The van der Waals surface area contributed by atoms with Crippen molar-refractivity contribution in [1.82, 2.24) is 0 Å². The Balaban J connectivity index is 1.83. The van der Waals surface area contributed by atoms with Crippen LogP contribution >= 0.6 is 0 Å². The summed E-state index contributed by atoms with van der Waals surface area (Å²) in [6.07, 6.45) is 1.32. The van der Waals surface area contributed by atoms with Gasteiger partial charge in [0.15, 0.2) is 5.82 Å². The zero-order chi connectivity index (χ0) is 15.5. The van der Waals surface area contributed by atoms with Crippen LogP contribution in [-0.2, 0) is 0 Å². The minimum absolute atomic E-state index is 0.00473. The number of aliphatic imine (C=N–C) groups is 1. The highest BCUT2D eigenvalue weighted by Gasteiger charge is 2.05. The van der Waals surface area contributed by atoms with E-state index < -0.39 is 11.6 Å². The van der Waals surface area contributed by atoms with Crippen molar-refractivity contribution in [2.45, 2.75) is 0 Å². The molecular formula is C17H10F3NO. The Morgan fingerprint density at radius 1 is 0.864 bits per heavy atom. The van der Waals surface area contributed by atoms with Crippen molar-refractivity contribution in [2.75, 3.05) is 0 Å². The van der Waals surface area contributed by atoms with Crippen LogP contribution in [0.25, 0.3) is 11.3 Å². The Morgan fingerprint density at radius 2 is 1.68 bits per heavy atom. The van der Waals surface area contributed by atoms with Gasteiger partial charge in [-0.05, 0) is 36.4 Å². The van der Waals surface area contributed by atoms with E-state index in [1.165, 1.54) is 24.4 Å². The molecule has 22 heavy (non-hydrogen) atoms. The molecule has 3 rings (SSSR count). The van der Waals surface area contributed by atoms with Gasteiger partial charge in [0.2, 0.25) is 0 Å². The second kappa shape index (κ2) is 5.89. The summed E-state index contributed by atoms with van der Waals surface area (Å²) in [5, 5.41) is 0. The molecule has 0 aliphatic rings. The van der Waals surface area contributed by atoms with Crippen LogP contribution in [0.4, 0.5) is 18.9 Å². The fourth-order valence-electron chi connectivity index (χ4n) is 1.94. The van der Waals surface area contributed by atoms with Crippen molar-refractivity contribution in [3.05, 3.63) is 77.8 Å². The maximum atomic E-state index is 13.4. The lowest BCUT2D eigenvalue weighted by molar-refractivity contribution is 0.572. The summed E-state index contributed by atoms with van der Waals surface area (Å²) < 4.78 is 44.9. The van der Waals surface area contributed by atoms with Gasteiger partial charge in [0.25, 0.3) is 0 Å². The van der Waals surface area contributed by atoms with Gasteiger partial charge in [-0.15, -0.1) is 0 Å². The largest absolute Gasteiger partial charge is 0.455 e. The highest BCUT2D eigenvalue weighted by Crippen LogP contribution is 2.23. The molecule has 0 saturated heterocycles. The van der Waals surface area contributed by atoms with Gasteiger partial charge in [0.1, 0.15) is 23.2 Å². The molecule has 0 radical (unpaired) electrons. The molecule has 5 heteroatoms. The first-order valence-electron chi connectivity index (χ1n) is 6.47. The van der Waals surface area contributed by atoms with E-state index in [2.05, 4.69) is 4.99 Å². The van der Waals surface area contributed by atoms with Gasteiger partial charge in [-0.25, -0.2) is 18.2 Å². The molecule has 0 spiro atoms. The number of nitrogens with zero attached hydrogens (tertiary/aromatic N) is 1. The third-order valence-electron chi connectivity index (χ3n) is 2.98. The van der Waals surface area contributed by atoms with E-state index in [4.69, 9.17) is 4.42 Å². The highest BCUT2D eigenvalue weighted by molar-refractivity contribution is 5.79. The Labute approximate surface area is 124 Å². The molecule has 110 valence electrons. The topological polar surface area (TPSA) is 25.5 Å². The lowest BCUT2D eigenvalue weighted by Gasteiger charge is -1.97. The molecule has 1 aromatic heterocycles. The van der Waals surface area contributed by atoms with Crippen molar-refractivity contribution in [1.29, 1.82) is 0 Å². The minimum Gasteiger partial charge on any atom is -0.455 e. The summed E-state index contributed by atoms with van der Waals surface area (Å²) in [5.41, 5.74) is 0.595. The molecule has 0 saturated carbocycles. The third-order valence-corrected chi connectivity index (χ3v) is 2.98. The molecule has 0 bridgehead atoms. The minimum atomic E-state index is -0.756. The molecule has 1 heterocycles. The van der Waals surface area contributed by atoms with Crippen molar-refractivity contribution in [2.24, 2.45) is 4.99 Å². The Kier molecular flexibility index (Phi) is 3.78. The summed E-state index contributed by atoms with van der Waals surface area (Å²) in [4.78, 5) is 3.91. The van der Waals surface area contributed by atoms with Crippen LogP contribution in [0.3, 0.4) is 0 Å². The zero-order valence-corrected chi connectivity index (χ0v) is 11.3. The van der Waals surface area contributed by atoms with E-state index in [1.807, 2.05) is 0 Å². The molecule has 0 N–H and O–H groups in total. The van der Waals surface area contributed by atoms with Gasteiger partial charge in [-0.1, -0.05) is 12.1 Å². The molecule has 0 fully saturated rings. The van der Waals surface area contributed by atoms with Crippen molar-refractivity contribution in [3.63, 3.8) is 0 Å². The molecular weight excluding hydrogens is 291 g/mol. The second-order valence-corrected chi connectivity index (χ2v) is 4.57. The van der Waals surface area contributed by atoms with Gasteiger partial charge in [0.05, 0.1) is 11.9 Å². The van der Waals surface area contributed by atoms with E-state index in [9.17, 15) is 13.2 Å². The van der Waals surface area contributed by atoms with Crippen LogP contribution in [0, 0.1) is 17.5 Å². The van der Waals surface area contributed by atoms with E-state index in [0.717, 1.165) is 12.1 Å². The summed E-state index contributed by atoms with van der Waals surface area (Å²) in [5.74, 6) is -0.933. The molecule has 0 aliphatic heterocycles. The maximum absolute atomic E-state index is 13.4. The normalized spacial score (nSPS) is 11.2. The van der Waals surface area contributed by atoms with Crippen LogP contribution in [-0.4, -0.2) is 6.21 Å². The summed E-state index contributed by atoms with van der Waals surface area (Å²) >= 11 is 0. The van der Waals surface area contributed by atoms with Crippen molar-refractivity contribution in [3.8, 4) is 11.3 Å². The van der Waals surface area contributed by atoms with Gasteiger partial charge < -0.3 is 4.42 Å². The number of furan rings is 1. The third kappa shape index (κ3) is 3.09. The van der Waals surface area contributed by atoms with E-state index in [1.54, 1.807) is 24.3 Å². The van der Waals surface area contributed by atoms with E-state index >= 15 is 0 Å². The zero-order valence-electron chi connectivity index (χ0n) is 11.3. The summed E-state index contributed by atoms with van der Waals surface area (Å²) in [6, 6.07) is 12.4.